The number of aliphatic imine (C=N–C) groups is 1. The molecule has 0 spiro atoms. The van der Waals surface area contributed by atoms with Gasteiger partial charge in [-0.15, -0.1) is 0 Å². The van der Waals surface area contributed by atoms with E-state index in [9.17, 15) is 18.0 Å². The molecule has 0 radical (unpaired) electrons. The minimum absolute atomic E-state index is 0.0101. The maximum Gasteiger partial charge on any atom is 0.264 e. The number of sulfonamides is 1. The fraction of sp³-hybridized carbons (Fsp3) is 0.343. The van der Waals surface area contributed by atoms with E-state index in [1.807, 2.05) is 161 Å². The number of ether oxygens (including phenoxy) is 1. The number of guanidine groups is 1. The minimum Gasteiger partial charge on any atom is -0.487 e. The highest BCUT2D eigenvalue weighted by Crippen LogP contribution is 2.44. The number of hydrogen-bond acceptors (Lipinski definition) is 10. The third-order valence-electron chi connectivity index (χ3n) is 16.7. The van der Waals surface area contributed by atoms with Crippen LogP contribution in [0.2, 0.25) is 0 Å². The largest absolute Gasteiger partial charge is 0.487 e. The Labute approximate surface area is 522 Å². The molecule has 466 valence electrons. The van der Waals surface area contributed by atoms with Gasteiger partial charge in [0, 0.05) is 74.2 Å². The van der Waals surface area contributed by atoms with Crippen molar-refractivity contribution in [2.45, 2.75) is 140 Å². The number of aromatic amines is 1. The Bertz CT molecular complexity index is 3810. The van der Waals surface area contributed by atoms with Crippen molar-refractivity contribution in [1.82, 2.24) is 40.1 Å². The summed E-state index contributed by atoms with van der Waals surface area (Å²) in [6.45, 7) is 14.1. The summed E-state index contributed by atoms with van der Waals surface area (Å²) in [6, 6.07) is 42.5. The predicted molar refractivity (Wildman–Crippen MR) is 349 cm³/mol. The highest BCUT2D eigenvalue weighted by molar-refractivity contribution is 7.90. The Balaban J connectivity index is 0.983. The molecular formula is C70H83N11O7S. The molecule has 0 unspecified atom stereocenters. The van der Waals surface area contributed by atoms with E-state index in [0.717, 1.165) is 49.8 Å². The van der Waals surface area contributed by atoms with Gasteiger partial charge in [-0.25, -0.2) is 18.1 Å². The van der Waals surface area contributed by atoms with Crippen molar-refractivity contribution >= 4 is 50.5 Å². The van der Waals surface area contributed by atoms with E-state index in [1.54, 1.807) is 25.1 Å². The first-order valence-corrected chi connectivity index (χ1v) is 32.1. The molecular weight excluding hydrogens is 1140 g/mol. The molecule has 0 bridgehead atoms. The fourth-order valence-corrected chi connectivity index (χ4v) is 13.8. The average Bonchev–Trinajstić information content (AvgIpc) is 1.85. The maximum absolute atomic E-state index is 15.1. The highest BCUT2D eigenvalue weighted by atomic mass is 32.2. The van der Waals surface area contributed by atoms with Crippen LogP contribution in [0.15, 0.2) is 174 Å². The number of hydrogen-bond donors (Lipinski definition) is 7. The van der Waals surface area contributed by atoms with Gasteiger partial charge in [-0.05, 0) is 111 Å². The lowest BCUT2D eigenvalue weighted by atomic mass is 9.77. The monoisotopic (exact) mass is 1220 g/mol. The van der Waals surface area contributed by atoms with Crippen LogP contribution >= 0.6 is 0 Å². The number of nitrogens with one attached hydrogen (secondary N) is 5. The summed E-state index contributed by atoms with van der Waals surface area (Å²) >= 11 is 0. The van der Waals surface area contributed by atoms with Gasteiger partial charge in [0.05, 0.1) is 23.0 Å². The summed E-state index contributed by atoms with van der Waals surface area (Å²) in [5.41, 5.74) is 20.3. The summed E-state index contributed by atoms with van der Waals surface area (Å²) in [5.74, 6) is -1.91. The molecule has 0 fully saturated rings. The number of aromatic nitrogens is 3. The molecule has 18 nitrogen and oxygen atoms in total. The van der Waals surface area contributed by atoms with Gasteiger partial charge in [0.1, 0.15) is 35.0 Å². The zero-order valence-corrected chi connectivity index (χ0v) is 52.7. The number of para-hydroxylation sites is 1. The van der Waals surface area contributed by atoms with Crippen LogP contribution in [0.3, 0.4) is 0 Å². The lowest BCUT2D eigenvalue weighted by Crippen LogP contribution is -2.59. The van der Waals surface area contributed by atoms with Crippen LogP contribution in [-0.4, -0.2) is 107 Å². The normalized spacial score (nSPS) is 14.4. The van der Waals surface area contributed by atoms with Crippen LogP contribution < -0.4 is 36.9 Å². The Hall–Kier alpha value is -9.07. The SMILES string of the molecule is CCCN(CCC)C(=O)[C@@H](Cc1c[nH]c2ccccc12)NC(=O)[C@H](CCCN=C(N)NS(=O)(=O)c1c(C)c(C)c2c(c1C)CC(C)(C)O2)NC(=O)[C@@H](Cc1ccccc1)NC(=O)[C@@H](N)Cc1cn(C(c2ccccc2)(c2ccccc2)c2ccccc2)cn1. The fourth-order valence-electron chi connectivity index (χ4n) is 12.3. The summed E-state index contributed by atoms with van der Waals surface area (Å²) in [7, 11) is -4.23. The van der Waals surface area contributed by atoms with Crippen LogP contribution in [0.1, 0.15) is 109 Å². The second-order valence-electron chi connectivity index (χ2n) is 23.7. The van der Waals surface area contributed by atoms with E-state index in [1.165, 1.54) is 0 Å². The maximum atomic E-state index is 15.1. The van der Waals surface area contributed by atoms with Crippen molar-refractivity contribution in [1.29, 1.82) is 0 Å². The van der Waals surface area contributed by atoms with E-state index in [0.29, 0.717) is 54.9 Å². The first-order chi connectivity index (χ1) is 42.7. The molecule has 2 aromatic heterocycles. The van der Waals surface area contributed by atoms with Crippen molar-refractivity contribution in [3.8, 4) is 5.75 Å². The number of imidazole rings is 1. The number of H-pyrrole nitrogens is 1. The van der Waals surface area contributed by atoms with Crippen LogP contribution in [-0.2, 0) is 60.4 Å². The number of carbonyl (C=O) groups is 4. The zero-order valence-electron chi connectivity index (χ0n) is 51.9. The third-order valence-corrected chi connectivity index (χ3v) is 18.3. The van der Waals surface area contributed by atoms with Crippen LogP contribution in [0.4, 0.5) is 0 Å². The quantitative estimate of drug-likeness (QED) is 0.0112. The molecule has 9 N–H and O–H groups in total. The van der Waals surface area contributed by atoms with Crippen LogP contribution in [0.25, 0.3) is 10.9 Å². The Kier molecular flexibility index (Phi) is 20.5. The number of amides is 4. The van der Waals surface area contributed by atoms with Crippen molar-refractivity contribution in [2.24, 2.45) is 16.5 Å². The second-order valence-corrected chi connectivity index (χ2v) is 25.3. The van der Waals surface area contributed by atoms with Crippen LogP contribution in [0, 0.1) is 20.8 Å². The van der Waals surface area contributed by atoms with Crippen molar-refractivity contribution < 1.29 is 32.3 Å². The molecule has 0 saturated carbocycles. The van der Waals surface area contributed by atoms with Crippen molar-refractivity contribution in [3.05, 3.63) is 220 Å². The van der Waals surface area contributed by atoms with E-state index in [-0.39, 0.29) is 55.4 Å². The van der Waals surface area contributed by atoms with Gasteiger partial charge in [0.25, 0.3) is 10.0 Å². The number of nitrogens with two attached hydrogens (primary N) is 2. The number of carbonyl (C=O) groups excluding carboxylic acids is 4. The van der Waals surface area contributed by atoms with Gasteiger partial charge >= 0.3 is 0 Å². The summed E-state index contributed by atoms with van der Waals surface area (Å²) < 4.78 is 39.0. The van der Waals surface area contributed by atoms with Gasteiger partial charge in [0.15, 0.2) is 0 Å². The van der Waals surface area contributed by atoms with Gasteiger partial charge in [0.2, 0.25) is 29.6 Å². The molecule has 19 heteroatoms. The summed E-state index contributed by atoms with van der Waals surface area (Å²) in [5, 5.41) is 9.81. The highest BCUT2D eigenvalue weighted by Gasteiger charge is 2.40. The molecule has 4 atom stereocenters. The van der Waals surface area contributed by atoms with Gasteiger partial charge in [-0.1, -0.05) is 153 Å². The predicted octanol–water partition coefficient (Wildman–Crippen LogP) is 8.37. The number of benzene rings is 6. The second kappa shape index (κ2) is 28.4. The summed E-state index contributed by atoms with van der Waals surface area (Å²) in [4.78, 5) is 73.7. The van der Waals surface area contributed by atoms with E-state index in [2.05, 4.69) is 67.0 Å². The van der Waals surface area contributed by atoms with Gasteiger partial charge < -0.3 is 46.6 Å². The molecule has 3 heterocycles. The third kappa shape index (κ3) is 14.8. The topological polar surface area (TPSA) is 261 Å². The minimum atomic E-state index is -4.23. The van der Waals surface area contributed by atoms with Crippen molar-refractivity contribution in [3.63, 3.8) is 0 Å². The first-order valence-electron chi connectivity index (χ1n) is 30.6. The molecule has 6 aromatic carbocycles. The zero-order chi connectivity index (χ0) is 63.5. The van der Waals surface area contributed by atoms with Crippen molar-refractivity contribution in [2.75, 3.05) is 19.6 Å². The smallest absolute Gasteiger partial charge is 0.264 e. The van der Waals surface area contributed by atoms with E-state index in [4.69, 9.17) is 21.2 Å². The molecule has 4 amide bonds. The lowest BCUT2D eigenvalue weighted by Gasteiger charge is -2.37. The summed E-state index contributed by atoms with van der Waals surface area (Å²) in [6.07, 6.45) is 7.66. The molecule has 0 saturated heterocycles. The number of fused-ring (bicyclic) bond motifs is 2. The Morgan fingerprint density at radius 1 is 0.719 bits per heavy atom. The molecule has 9 rings (SSSR count). The molecule has 0 aliphatic carbocycles. The standard InChI is InChI=1S/C70H83N11O7S/c1-8-37-80(38-9-2)67(85)61(40-50-43-74-58-34-23-22-33-55(50)58)78-65(83)59(35-24-36-73-68(72)79-89(86,87)63-47(4)46(3)62-56(48(63)5)42-69(6,7)88-62)76-66(84)60(39-49-25-14-10-15-26-49)77-64(82)57(71)41-54-44-81(45-75-54)70(51-27-16-11-17-28-51,52-29-18-12-19-30-52)53-31-20-13-21-32-53/h10-23,25-34,43-45,57,59-61,74H,8-9,24,35-42,71H2,1-7H3,(H,76,84)(H,77,82)(H,78,83)(H3,72,73,79)/t57-,59-,60+,61+/m0/s1. The first kappa shape index (κ1) is 64.4. The van der Waals surface area contributed by atoms with E-state index < -0.39 is 63.1 Å². The Morgan fingerprint density at radius 2 is 1.27 bits per heavy atom. The molecule has 89 heavy (non-hydrogen) atoms. The lowest BCUT2D eigenvalue weighted by molar-refractivity contribution is -0.138. The number of rotatable bonds is 27. The Morgan fingerprint density at radius 3 is 1.88 bits per heavy atom. The average molecular weight is 1220 g/mol. The van der Waals surface area contributed by atoms with Crippen LogP contribution in [0.5, 0.6) is 5.75 Å². The number of nitrogens with zero attached hydrogens (tertiary/aromatic N) is 4. The van der Waals surface area contributed by atoms with Gasteiger partial charge in [-0.2, -0.15) is 0 Å². The molecule has 1 aliphatic heterocycles. The molecule has 8 aromatic rings. The molecule has 1 aliphatic rings. The van der Waals surface area contributed by atoms with Gasteiger partial charge in [-0.3, -0.25) is 24.2 Å². The van der Waals surface area contributed by atoms with E-state index >= 15 is 9.59 Å².